The van der Waals surface area contributed by atoms with Gasteiger partial charge in [0.25, 0.3) is 0 Å². The predicted octanol–water partition coefficient (Wildman–Crippen LogP) is 6.41. The van der Waals surface area contributed by atoms with Gasteiger partial charge in [0, 0.05) is 17.8 Å². The van der Waals surface area contributed by atoms with E-state index in [0.29, 0.717) is 16.8 Å². The summed E-state index contributed by atoms with van der Waals surface area (Å²) in [5.74, 6) is -2.30. The summed E-state index contributed by atoms with van der Waals surface area (Å²) in [6.07, 6.45) is -3.34. The van der Waals surface area contributed by atoms with E-state index in [-0.39, 0.29) is 17.5 Å². The first kappa shape index (κ1) is 19.3. The Hall–Kier alpha value is -2.47. The highest BCUT2D eigenvalue weighted by molar-refractivity contribution is 6.30. The number of halogens is 6. The van der Waals surface area contributed by atoms with E-state index in [2.05, 4.69) is 4.98 Å². The van der Waals surface area contributed by atoms with Crippen LogP contribution in [0.15, 0.2) is 60.8 Å². The van der Waals surface area contributed by atoms with Crippen LogP contribution in [0.25, 0.3) is 0 Å². The largest absolute Gasteiger partial charge is 0.416 e. The second kappa shape index (κ2) is 7.64. The summed E-state index contributed by atoms with van der Waals surface area (Å²) in [6.45, 7) is 0. The number of pyridine rings is 1. The molecule has 2 aromatic carbocycles. The van der Waals surface area contributed by atoms with Gasteiger partial charge in [0.15, 0.2) is 0 Å². The molecule has 140 valence electrons. The molecule has 3 rings (SSSR count). The van der Waals surface area contributed by atoms with Gasteiger partial charge in [-0.1, -0.05) is 29.8 Å². The number of hydrogen-bond donors (Lipinski definition) is 0. The minimum atomic E-state index is -4.70. The molecule has 1 atom stereocenters. The molecule has 7 heteroatoms. The quantitative estimate of drug-likeness (QED) is 0.464. The molecule has 0 radical (unpaired) electrons. The lowest BCUT2D eigenvalue weighted by atomic mass is 9.87. The van der Waals surface area contributed by atoms with Crippen LogP contribution < -0.4 is 0 Å². The Morgan fingerprint density at radius 2 is 1.70 bits per heavy atom. The van der Waals surface area contributed by atoms with Crippen LogP contribution in [0.2, 0.25) is 5.02 Å². The SMILES string of the molecule is Fc1cc(C(Cc2ccccc2F)c2ccc(Cl)cn2)cc(C(F)(F)F)c1. The zero-order valence-corrected chi connectivity index (χ0v) is 14.5. The van der Waals surface area contributed by atoms with Gasteiger partial charge in [0.2, 0.25) is 0 Å². The molecule has 0 aliphatic carbocycles. The monoisotopic (exact) mass is 397 g/mol. The van der Waals surface area contributed by atoms with E-state index < -0.39 is 29.3 Å². The highest BCUT2D eigenvalue weighted by atomic mass is 35.5. The van der Waals surface area contributed by atoms with Crippen molar-refractivity contribution >= 4 is 11.6 Å². The third-order valence-electron chi connectivity index (χ3n) is 4.14. The van der Waals surface area contributed by atoms with Crippen LogP contribution in [0, 0.1) is 11.6 Å². The number of nitrogens with zero attached hydrogens (tertiary/aromatic N) is 1. The van der Waals surface area contributed by atoms with Crippen molar-refractivity contribution in [2.24, 2.45) is 0 Å². The fourth-order valence-corrected chi connectivity index (χ4v) is 2.96. The number of alkyl halides is 3. The van der Waals surface area contributed by atoms with Gasteiger partial charge < -0.3 is 0 Å². The molecule has 0 spiro atoms. The van der Waals surface area contributed by atoms with E-state index in [0.717, 1.165) is 12.1 Å². The molecule has 1 heterocycles. The van der Waals surface area contributed by atoms with Crippen molar-refractivity contribution in [1.29, 1.82) is 0 Å². The van der Waals surface area contributed by atoms with Crippen LogP contribution in [0.1, 0.15) is 28.3 Å². The molecule has 0 aliphatic rings. The highest BCUT2D eigenvalue weighted by Gasteiger charge is 2.32. The molecule has 0 amide bonds. The van der Waals surface area contributed by atoms with E-state index >= 15 is 0 Å². The van der Waals surface area contributed by atoms with Crippen LogP contribution in [0.4, 0.5) is 22.0 Å². The number of benzene rings is 2. The summed E-state index contributed by atoms with van der Waals surface area (Å²) >= 11 is 5.83. The minimum Gasteiger partial charge on any atom is -0.259 e. The van der Waals surface area contributed by atoms with Crippen LogP contribution >= 0.6 is 11.6 Å². The average Bonchev–Trinajstić information content (AvgIpc) is 2.61. The van der Waals surface area contributed by atoms with Gasteiger partial charge in [0.05, 0.1) is 10.6 Å². The van der Waals surface area contributed by atoms with Crippen molar-refractivity contribution in [2.45, 2.75) is 18.5 Å². The van der Waals surface area contributed by atoms with Crippen molar-refractivity contribution < 1.29 is 22.0 Å². The number of aromatic nitrogens is 1. The Bertz CT molecular complexity index is 938. The predicted molar refractivity (Wildman–Crippen MR) is 92.6 cm³/mol. The average molecular weight is 398 g/mol. The maximum atomic E-state index is 14.1. The Morgan fingerprint density at radius 3 is 2.33 bits per heavy atom. The Balaban J connectivity index is 2.11. The molecule has 0 saturated heterocycles. The Kier molecular flexibility index (Phi) is 5.46. The first-order valence-corrected chi connectivity index (χ1v) is 8.34. The van der Waals surface area contributed by atoms with Gasteiger partial charge in [-0.3, -0.25) is 4.98 Å². The summed E-state index contributed by atoms with van der Waals surface area (Å²) in [4.78, 5) is 4.14. The molecule has 1 nitrogen and oxygen atoms in total. The van der Waals surface area contributed by atoms with Crippen molar-refractivity contribution in [1.82, 2.24) is 4.98 Å². The van der Waals surface area contributed by atoms with Crippen LogP contribution in [-0.2, 0) is 12.6 Å². The molecule has 0 fully saturated rings. The second-order valence-electron chi connectivity index (χ2n) is 6.02. The normalized spacial score (nSPS) is 12.8. The first-order valence-electron chi connectivity index (χ1n) is 7.96. The van der Waals surface area contributed by atoms with Gasteiger partial charge in [-0.05, 0) is 53.9 Å². The van der Waals surface area contributed by atoms with E-state index in [4.69, 9.17) is 11.6 Å². The van der Waals surface area contributed by atoms with Gasteiger partial charge in [-0.2, -0.15) is 13.2 Å². The number of rotatable bonds is 4. The zero-order chi connectivity index (χ0) is 19.6. The van der Waals surface area contributed by atoms with Gasteiger partial charge >= 0.3 is 6.18 Å². The minimum absolute atomic E-state index is 0.0159. The van der Waals surface area contributed by atoms with E-state index in [9.17, 15) is 22.0 Å². The van der Waals surface area contributed by atoms with Crippen LogP contribution in [-0.4, -0.2) is 4.98 Å². The van der Waals surface area contributed by atoms with Crippen molar-refractivity contribution in [3.63, 3.8) is 0 Å². The zero-order valence-electron chi connectivity index (χ0n) is 13.8. The molecule has 0 aliphatic heterocycles. The number of hydrogen-bond acceptors (Lipinski definition) is 1. The Labute approximate surface area is 157 Å². The molecule has 1 aromatic heterocycles. The van der Waals surface area contributed by atoms with Crippen LogP contribution in [0.5, 0.6) is 0 Å². The lowest BCUT2D eigenvalue weighted by Crippen LogP contribution is -2.12. The lowest BCUT2D eigenvalue weighted by Gasteiger charge is -2.19. The van der Waals surface area contributed by atoms with Crippen molar-refractivity contribution in [2.75, 3.05) is 0 Å². The van der Waals surface area contributed by atoms with E-state index in [1.54, 1.807) is 6.07 Å². The summed E-state index contributed by atoms with van der Waals surface area (Å²) in [5.41, 5.74) is -0.399. The van der Waals surface area contributed by atoms with Crippen molar-refractivity contribution in [3.05, 3.63) is 99.8 Å². The standard InChI is InChI=1S/C20H13ClF5N/c21-15-5-6-19(27-11-15)17(9-12-3-1-2-4-18(12)23)13-7-14(20(24,25)26)10-16(22)8-13/h1-8,10-11,17H,9H2. The molecular weight excluding hydrogens is 385 g/mol. The molecule has 0 bridgehead atoms. The van der Waals surface area contributed by atoms with Gasteiger partial charge in [0.1, 0.15) is 11.6 Å². The maximum Gasteiger partial charge on any atom is 0.416 e. The summed E-state index contributed by atoms with van der Waals surface area (Å²) in [6, 6.07) is 11.3. The third-order valence-corrected chi connectivity index (χ3v) is 4.36. The summed E-state index contributed by atoms with van der Waals surface area (Å²) < 4.78 is 67.3. The fourth-order valence-electron chi connectivity index (χ4n) is 2.85. The Morgan fingerprint density at radius 1 is 0.963 bits per heavy atom. The lowest BCUT2D eigenvalue weighted by molar-refractivity contribution is -0.137. The van der Waals surface area contributed by atoms with Gasteiger partial charge in [-0.15, -0.1) is 0 Å². The first-order chi connectivity index (χ1) is 12.7. The van der Waals surface area contributed by atoms with E-state index in [1.165, 1.54) is 36.5 Å². The smallest absolute Gasteiger partial charge is 0.259 e. The second-order valence-corrected chi connectivity index (χ2v) is 6.46. The summed E-state index contributed by atoms with van der Waals surface area (Å²) in [5, 5.41) is 0.346. The van der Waals surface area contributed by atoms with E-state index in [1.807, 2.05) is 0 Å². The summed E-state index contributed by atoms with van der Waals surface area (Å²) in [7, 11) is 0. The molecular formula is C20H13ClF5N. The molecule has 3 aromatic rings. The molecule has 0 N–H and O–H groups in total. The molecule has 0 saturated carbocycles. The van der Waals surface area contributed by atoms with Crippen LogP contribution in [0.3, 0.4) is 0 Å². The topological polar surface area (TPSA) is 12.9 Å². The highest BCUT2D eigenvalue weighted by Crippen LogP contribution is 2.35. The molecule has 27 heavy (non-hydrogen) atoms. The fraction of sp³-hybridized carbons (Fsp3) is 0.150. The maximum absolute atomic E-state index is 14.1. The third kappa shape index (κ3) is 4.63. The molecule has 1 unspecified atom stereocenters. The van der Waals surface area contributed by atoms with Gasteiger partial charge in [-0.25, -0.2) is 8.78 Å². The van der Waals surface area contributed by atoms with Crippen molar-refractivity contribution in [3.8, 4) is 0 Å².